The van der Waals surface area contributed by atoms with Gasteiger partial charge >= 0.3 is 0 Å². The topological polar surface area (TPSA) is 69.3 Å². The van der Waals surface area contributed by atoms with Gasteiger partial charge in [-0.15, -0.1) is 0 Å². The minimum Gasteiger partial charge on any atom is -0.345 e. The van der Waals surface area contributed by atoms with Gasteiger partial charge in [0.25, 0.3) is 5.91 Å². The lowest BCUT2D eigenvalue weighted by molar-refractivity contribution is -0.130. The van der Waals surface area contributed by atoms with Gasteiger partial charge in [0.15, 0.2) is 0 Å². The van der Waals surface area contributed by atoms with E-state index >= 15 is 0 Å². The van der Waals surface area contributed by atoms with Crippen molar-refractivity contribution in [2.24, 2.45) is 0 Å². The number of fused-ring (bicyclic) bond motifs is 2. The highest BCUT2D eigenvalue weighted by atomic mass is 16.2. The summed E-state index contributed by atoms with van der Waals surface area (Å²) in [5, 5.41) is 0. The molecule has 4 rings (SSSR count). The van der Waals surface area contributed by atoms with Crippen molar-refractivity contribution < 1.29 is 9.59 Å². The molecule has 0 aliphatic carbocycles. The number of nitrogens with one attached hydrogen (secondary N) is 1. The van der Waals surface area contributed by atoms with E-state index in [-0.39, 0.29) is 17.9 Å². The fraction of sp³-hybridized carbons (Fsp3) is 0.400. The van der Waals surface area contributed by atoms with Gasteiger partial charge in [0.05, 0.1) is 17.4 Å². The largest absolute Gasteiger partial charge is 0.345 e. The van der Waals surface area contributed by atoms with Crippen molar-refractivity contribution in [3.05, 3.63) is 30.1 Å². The number of amides is 2. The average molecular weight is 284 g/mol. The predicted molar refractivity (Wildman–Crippen MR) is 76.7 cm³/mol. The maximum Gasteiger partial charge on any atom is 0.254 e. The molecular formula is C15H16N4O2. The van der Waals surface area contributed by atoms with Crippen molar-refractivity contribution in [1.29, 1.82) is 0 Å². The Balaban J connectivity index is 1.56. The van der Waals surface area contributed by atoms with Crippen molar-refractivity contribution in [2.75, 3.05) is 19.6 Å². The zero-order valence-corrected chi connectivity index (χ0v) is 11.6. The Morgan fingerprint density at radius 2 is 2.24 bits per heavy atom. The minimum atomic E-state index is 0.0329. The second-order valence-electron chi connectivity index (χ2n) is 5.67. The third-order valence-corrected chi connectivity index (χ3v) is 4.45. The summed E-state index contributed by atoms with van der Waals surface area (Å²) >= 11 is 0. The van der Waals surface area contributed by atoms with Gasteiger partial charge in [0, 0.05) is 37.7 Å². The van der Waals surface area contributed by atoms with Crippen molar-refractivity contribution in [3.8, 4) is 0 Å². The number of piperazine rings is 1. The van der Waals surface area contributed by atoms with Crippen LogP contribution < -0.4 is 0 Å². The molecule has 0 bridgehead atoms. The summed E-state index contributed by atoms with van der Waals surface area (Å²) < 4.78 is 0. The molecule has 2 aliphatic rings. The first kappa shape index (κ1) is 12.4. The van der Waals surface area contributed by atoms with E-state index in [9.17, 15) is 9.59 Å². The normalized spacial score (nSPS) is 21.9. The number of hydrogen-bond donors (Lipinski definition) is 1. The number of imidazole rings is 1. The molecule has 6 heteroatoms. The molecule has 3 heterocycles. The molecule has 1 aromatic heterocycles. The Hall–Kier alpha value is -2.37. The highest BCUT2D eigenvalue weighted by Crippen LogP contribution is 2.24. The van der Waals surface area contributed by atoms with Gasteiger partial charge in [-0.2, -0.15) is 0 Å². The molecule has 0 radical (unpaired) electrons. The molecule has 6 nitrogen and oxygen atoms in total. The summed E-state index contributed by atoms with van der Waals surface area (Å²) in [5.41, 5.74) is 2.40. The van der Waals surface area contributed by atoms with Gasteiger partial charge in [0.1, 0.15) is 0 Å². The number of nitrogens with zero attached hydrogens (tertiary/aromatic N) is 3. The number of aromatic nitrogens is 2. The van der Waals surface area contributed by atoms with E-state index in [0.717, 1.165) is 17.5 Å². The van der Waals surface area contributed by atoms with E-state index in [4.69, 9.17) is 0 Å². The summed E-state index contributed by atoms with van der Waals surface area (Å²) in [4.78, 5) is 35.3. The lowest BCUT2D eigenvalue weighted by atomic mass is 10.1. The molecule has 1 N–H and O–H groups in total. The molecule has 2 saturated heterocycles. The highest BCUT2D eigenvalue weighted by molar-refractivity contribution is 5.97. The van der Waals surface area contributed by atoms with Crippen LogP contribution in [0.1, 0.15) is 23.2 Å². The number of rotatable bonds is 1. The fourth-order valence-electron chi connectivity index (χ4n) is 3.30. The summed E-state index contributed by atoms with van der Waals surface area (Å²) in [5.74, 6) is 0.261. The van der Waals surface area contributed by atoms with Gasteiger partial charge in [-0.3, -0.25) is 9.59 Å². The molecule has 2 aliphatic heterocycles. The number of H-pyrrole nitrogens is 1. The molecule has 0 spiro atoms. The van der Waals surface area contributed by atoms with E-state index in [1.807, 2.05) is 28.0 Å². The van der Waals surface area contributed by atoms with Crippen LogP contribution in [0, 0.1) is 0 Å². The van der Waals surface area contributed by atoms with Crippen LogP contribution in [-0.2, 0) is 4.79 Å². The van der Waals surface area contributed by atoms with Crippen LogP contribution in [0.2, 0.25) is 0 Å². The summed E-state index contributed by atoms with van der Waals surface area (Å²) in [6, 6.07) is 5.72. The minimum absolute atomic E-state index is 0.0329. The van der Waals surface area contributed by atoms with Crippen LogP contribution in [0.5, 0.6) is 0 Å². The summed E-state index contributed by atoms with van der Waals surface area (Å²) in [7, 11) is 0. The Kier molecular flexibility index (Phi) is 2.70. The van der Waals surface area contributed by atoms with Crippen LogP contribution in [0.3, 0.4) is 0 Å². The molecule has 1 unspecified atom stereocenters. The maximum atomic E-state index is 12.6. The quantitative estimate of drug-likeness (QED) is 0.849. The van der Waals surface area contributed by atoms with Gasteiger partial charge in [-0.1, -0.05) is 0 Å². The lowest BCUT2D eigenvalue weighted by Gasteiger charge is -2.37. The van der Waals surface area contributed by atoms with Crippen molar-refractivity contribution in [3.63, 3.8) is 0 Å². The molecular weight excluding hydrogens is 268 g/mol. The molecule has 21 heavy (non-hydrogen) atoms. The Morgan fingerprint density at radius 1 is 1.33 bits per heavy atom. The number of benzene rings is 1. The summed E-state index contributed by atoms with van der Waals surface area (Å²) in [6.07, 6.45) is 3.11. The Labute approximate surface area is 121 Å². The Morgan fingerprint density at radius 3 is 3.14 bits per heavy atom. The van der Waals surface area contributed by atoms with Crippen LogP contribution >= 0.6 is 0 Å². The molecule has 108 valence electrons. The second kappa shape index (κ2) is 4.58. The van der Waals surface area contributed by atoms with Gasteiger partial charge in [-0.05, 0) is 24.6 Å². The SMILES string of the molecule is O=C(c1ccc2nc[nH]c2c1)N1CCN2C(=O)CCC2C1. The number of hydrogen-bond acceptors (Lipinski definition) is 3. The van der Waals surface area contributed by atoms with Crippen molar-refractivity contribution >= 4 is 22.8 Å². The zero-order valence-electron chi connectivity index (χ0n) is 11.6. The highest BCUT2D eigenvalue weighted by Gasteiger charge is 2.37. The van der Waals surface area contributed by atoms with Crippen molar-refractivity contribution in [1.82, 2.24) is 19.8 Å². The van der Waals surface area contributed by atoms with Gasteiger partial charge in [-0.25, -0.2) is 4.98 Å². The summed E-state index contributed by atoms with van der Waals surface area (Å²) in [6.45, 7) is 1.91. The third kappa shape index (κ3) is 1.98. The van der Waals surface area contributed by atoms with E-state index < -0.39 is 0 Å². The van der Waals surface area contributed by atoms with Crippen LogP contribution in [0.4, 0.5) is 0 Å². The van der Waals surface area contributed by atoms with E-state index in [2.05, 4.69) is 9.97 Å². The lowest BCUT2D eigenvalue weighted by Crippen LogP contribution is -2.53. The Bertz CT molecular complexity index is 723. The fourth-order valence-corrected chi connectivity index (χ4v) is 3.30. The standard InChI is InChI=1S/C15H16N4O2/c20-14-4-2-11-8-18(5-6-19(11)14)15(21)10-1-3-12-13(7-10)17-9-16-12/h1,3,7,9,11H,2,4-6,8H2,(H,16,17). The monoisotopic (exact) mass is 284 g/mol. The molecule has 2 fully saturated rings. The average Bonchev–Trinajstić information content (AvgIpc) is 3.12. The first-order chi connectivity index (χ1) is 10.2. The van der Waals surface area contributed by atoms with Crippen LogP contribution in [0.15, 0.2) is 24.5 Å². The molecule has 0 saturated carbocycles. The zero-order chi connectivity index (χ0) is 14.4. The molecule has 2 amide bonds. The number of carbonyl (C=O) groups is 2. The van der Waals surface area contributed by atoms with Crippen molar-refractivity contribution in [2.45, 2.75) is 18.9 Å². The van der Waals surface area contributed by atoms with Gasteiger partial charge in [0.2, 0.25) is 5.91 Å². The van der Waals surface area contributed by atoms with E-state index in [1.165, 1.54) is 0 Å². The van der Waals surface area contributed by atoms with Crippen LogP contribution in [-0.4, -0.2) is 57.3 Å². The first-order valence-electron chi connectivity index (χ1n) is 7.24. The second-order valence-corrected chi connectivity index (χ2v) is 5.67. The molecule has 1 aromatic carbocycles. The van der Waals surface area contributed by atoms with Crippen LogP contribution in [0.25, 0.3) is 11.0 Å². The third-order valence-electron chi connectivity index (χ3n) is 4.45. The number of carbonyl (C=O) groups excluding carboxylic acids is 2. The molecule has 1 atom stereocenters. The smallest absolute Gasteiger partial charge is 0.254 e. The van der Waals surface area contributed by atoms with E-state index in [0.29, 0.717) is 31.6 Å². The van der Waals surface area contributed by atoms with Gasteiger partial charge < -0.3 is 14.8 Å². The maximum absolute atomic E-state index is 12.6. The predicted octanol–water partition coefficient (Wildman–Crippen LogP) is 1.01. The van der Waals surface area contributed by atoms with E-state index in [1.54, 1.807) is 6.33 Å². The first-order valence-corrected chi connectivity index (χ1v) is 7.24. The number of aromatic amines is 1. The molecule has 2 aromatic rings.